The summed E-state index contributed by atoms with van der Waals surface area (Å²) in [5.74, 6) is -0.159. The van der Waals surface area contributed by atoms with Gasteiger partial charge in [-0.05, 0) is 43.0 Å². The van der Waals surface area contributed by atoms with Crippen molar-refractivity contribution in [3.05, 3.63) is 71.0 Å². The summed E-state index contributed by atoms with van der Waals surface area (Å²) in [6.45, 7) is 2.10. The van der Waals surface area contributed by atoms with Gasteiger partial charge in [-0.1, -0.05) is 42.0 Å². The molecule has 86 valence electrons. The molecule has 2 aromatic rings. The van der Waals surface area contributed by atoms with Crippen molar-refractivity contribution in [1.29, 1.82) is 0 Å². The van der Waals surface area contributed by atoms with E-state index in [1.54, 1.807) is 12.1 Å². The van der Waals surface area contributed by atoms with Gasteiger partial charge in [-0.25, -0.2) is 4.39 Å². The predicted molar refractivity (Wildman–Crippen MR) is 67.6 cm³/mol. The number of hydrogen-bond donors (Lipinski definition) is 0. The van der Waals surface area contributed by atoms with Crippen LogP contribution in [0.3, 0.4) is 0 Å². The molecule has 0 unspecified atom stereocenters. The van der Waals surface area contributed by atoms with E-state index in [2.05, 4.69) is 31.2 Å². The van der Waals surface area contributed by atoms with Gasteiger partial charge in [0.05, 0.1) is 0 Å². The number of halogens is 1. The van der Waals surface area contributed by atoms with Gasteiger partial charge in [-0.2, -0.15) is 0 Å². The first-order valence-electron chi connectivity index (χ1n) is 6.04. The lowest BCUT2D eigenvalue weighted by molar-refractivity contribution is 0.626. The Morgan fingerprint density at radius 1 is 0.824 bits per heavy atom. The summed E-state index contributed by atoms with van der Waals surface area (Å²) in [6.07, 6.45) is 2.34. The average molecular weight is 226 g/mol. The second-order valence-corrected chi connectivity index (χ2v) is 4.96. The van der Waals surface area contributed by atoms with Gasteiger partial charge in [0, 0.05) is 5.41 Å². The Morgan fingerprint density at radius 2 is 1.29 bits per heavy atom. The van der Waals surface area contributed by atoms with E-state index in [4.69, 9.17) is 0 Å². The first kappa shape index (κ1) is 10.5. The van der Waals surface area contributed by atoms with E-state index in [0.717, 1.165) is 0 Å². The van der Waals surface area contributed by atoms with Gasteiger partial charge in [0.2, 0.25) is 0 Å². The molecule has 0 atom stereocenters. The molecule has 0 nitrogen and oxygen atoms in total. The van der Waals surface area contributed by atoms with Gasteiger partial charge < -0.3 is 0 Å². The van der Waals surface area contributed by atoms with Crippen LogP contribution in [0, 0.1) is 12.7 Å². The van der Waals surface area contributed by atoms with E-state index in [9.17, 15) is 4.39 Å². The van der Waals surface area contributed by atoms with E-state index in [-0.39, 0.29) is 11.2 Å². The third-order valence-corrected chi connectivity index (χ3v) is 3.75. The van der Waals surface area contributed by atoms with Crippen LogP contribution in [0.2, 0.25) is 0 Å². The van der Waals surface area contributed by atoms with Crippen LogP contribution in [-0.4, -0.2) is 0 Å². The largest absolute Gasteiger partial charge is 0.207 e. The second-order valence-electron chi connectivity index (χ2n) is 4.96. The Morgan fingerprint density at radius 3 is 1.76 bits per heavy atom. The second kappa shape index (κ2) is 3.69. The summed E-state index contributed by atoms with van der Waals surface area (Å²) in [5, 5.41) is 0. The van der Waals surface area contributed by atoms with Crippen LogP contribution in [0.1, 0.15) is 29.5 Å². The van der Waals surface area contributed by atoms with Gasteiger partial charge in [-0.15, -0.1) is 0 Å². The molecule has 0 aliphatic heterocycles. The third-order valence-electron chi connectivity index (χ3n) is 3.75. The van der Waals surface area contributed by atoms with Crippen molar-refractivity contribution in [2.24, 2.45) is 0 Å². The minimum atomic E-state index is -0.159. The normalized spacial score (nSPS) is 16.8. The van der Waals surface area contributed by atoms with E-state index >= 15 is 0 Å². The average Bonchev–Trinajstić information content (AvgIpc) is 3.12. The molecule has 1 heteroatoms. The lowest BCUT2D eigenvalue weighted by atomic mass is 9.88. The summed E-state index contributed by atoms with van der Waals surface area (Å²) in [5.41, 5.74) is 4.03. The Hall–Kier alpha value is -1.63. The highest BCUT2D eigenvalue weighted by Crippen LogP contribution is 2.53. The third kappa shape index (κ3) is 1.76. The smallest absolute Gasteiger partial charge is 0.123 e. The van der Waals surface area contributed by atoms with Crippen LogP contribution in [0.4, 0.5) is 4.39 Å². The van der Waals surface area contributed by atoms with Crippen molar-refractivity contribution in [3.63, 3.8) is 0 Å². The molecule has 1 fully saturated rings. The standard InChI is InChI=1S/C16H15F/c1-12-2-4-13(5-3-12)16(10-11-16)14-6-8-15(17)9-7-14/h2-9H,10-11H2,1H3. The van der Waals surface area contributed by atoms with Crippen molar-refractivity contribution in [2.75, 3.05) is 0 Å². The lowest BCUT2D eigenvalue weighted by Gasteiger charge is -2.16. The zero-order valence-electron chi connectivity index (χ0n) is 9.91. The minimum absolute atomic E-state index is 0.154. The molecular weight excluding hydrogens is 211 g/mol. The number of aryl methyl sites for hydroxylation is 1. The molecule has 0 bridgehead atoms. The van der Waals surface area contributed by atoms with E-state index < -0.39 is 0 Å². The quantitative estimate of drug-likeness (QED) is 0.719. The van der Waals surface area contributed by atoms with E-state index in [1.807, 2.05) is 12.1 Å². The Kier molecular flexibility index (Phi) is 2.29. The molecule has 0 saturated heterocycles. The monoisotopic (exact) mass is 226 g/mol. The topological polar surface area (TPSA) is 0 Å². The van der Waals surface area contributed by atoms with Crippen molar-refractivity contribution >= 4 is 0 Å². The summed E-state index contributed by atoms with van der Waals surface area (Å²) < 4.78 is 13.0. The van der Waals surface area contributed by atoms with Crippen molar-refractivity contribution in [3.8, 4) is 0 Å². The lowest BCUT2D eigenvalue weighted by Crippen LogP contribution is -2.08. The highest BCUT2D eigenvalue weighted by Gasteiger charge is 2.45. The van der Waals surface area contributed by atoms with Crippen molar-refractivity contribution in [1.82, 2.24) is 0 Å². The fourth-order valence-electron chi connectivity index (χ4n) is 2.51. The molecule has 0 amide bonds. The van der Waals surface area contributed by atoms with Crippen LogP contribution in [0.25, 0.3) is 0 Å². The molecule has 0 N–H and O–H groups in total. The fraction of sp³-hybridized carbons (Fsp3) is 0.250. The number of benzene rings is 2. The van der Waals surface area contributed by atoms with Gasteiger partial charge >= 0.3 is 0 Å². The maximum absolute atomic E-state index is 13.0. The van der Waals surface area contributed by atoms with Crippen LogP contribution < -0.4 is 0 Å². The Balaban J connectivity index is 2.01. The molecule has 2 aromatic carbocycles. The maximum atomic E-state index is 13.0. The van der Waals surface area contributed by atoms with Crippen molar-refractivity contribution < 1.29 is 4.39 Å². The Labute approximate surface area is 101 Å². The van der Waals surface area contributed by atoms with E-state index in [0.29, 0.717) is 0 Å². The van der Waals surface area contributed by atoms with Crippen LogP contribution >= 0.6 is 0 Å². The summed E-state index contributed by atoms with van der Waals surface area (Å²) in [4.78, 5) is 0. The zero-order chi connectivity index (χ0) is 11.9. The molecule has 0 aromatic heterocycles. The molecule has 1 aliphatic carbocycles. The summed E-state index contributed by atoms with van der Waals surface area (Å²) in [6, 6.07) is 15.7. The summed E-state index contributed by atoms with van der Waals surface area (Å²) >= 11 is 0. The molecular formula is C16H15F. The minimum Gasteiger partial charge on any atom is -0.207 e. The van der Waals surface area contributed by atoms with Gasteiger partial charge in [0.25, 0.3) is 0 Å². The molecule has 3 rings (SSSR count). The molecule has 0 heterocycles. The highest BCUT2D eigenvalue weighted by molar-refractivity contribution is 5.45. The molecule has 0 spiro atoms. The first-order chi connectivity index (χ1) is 8.21. The maximum Gasteiger partial charge on any atom is 0.123 e. The fourth-order valence-corrected chi connectivity index (χ4v) is 2.51. The van der Waals surface area contributed by atoms with Gasteiger partial charge in [0.1, 0.15) is 5.82 Å². The number of hydrogen-bond acceptors (Lipinski definition) is 0. The van der Waals surface area contributed by atoms with E-state index in [1.165, 1.54) is 29.5 Å². The van der Waals surface area contributed by atoms with Crippen LogP contribution in [0.5, 0.6) is 0 Å². The molecule has 17 heavy (non-hydrogen) atoms. The zero-order valence-corrected chi connectivity index (χ0v) is 9.91. The molecule has 1 saturated carbocycles. The van der Waals surface area contributed by atoms with Crippen LogP contribution in [-0.2, 0) is 5.41 Å². The Bertz CT molecular complexity index is 471. The first-order valence-corrected chi connectivity index (χ1v) is 6.04. The van der Waals surface area contributed by atoms with Crippen molar-refractivity contribution in [2.45, 2.75) is 25.2 Å². The highest BCUT2D eigenvalue weighted by atomic mass is 19.1. The number of rotatable bonds is 2. The predicted octanol–water partition coefficient (Wildman–Crippen LogP) is 4.21. The van der Waals surface area contributed by atoms with Crippen LogP contribution in [0.15, 0.2) is 48.5 Å². The molecule has 1 aliphatic rings. The van der Waals surface area contributed by atoms with Gasteiger partial charge in [-0.3, -0.25) is 0 Å². The SMILES string of the molecule is Cc1ccc(C2(c3ccc(F)cc3)CC2)cc1. The molecule has 0 radical (unpaired) electrons. The summed E-state index contributed by atoms with van der Waals surface area (Å²) in [7, 11) is 0. The van der Waals surface area contributed by atoms with Gasteiger partial charge in [0.15, 0.2) is 0 Å².